The third kappa shape index (κ3) is 2.24. The number of amides is 1. The second-order valence-corrected chi connectivity index (χ2v) is 5.79. The lowest BCUT2D eigenvalue weighted by Gasteiger charge is -2.28. The van der Waals surface area contributed by atoms with Crippen LogP contribution in [0.5, 0.6) is 0 Å². The maximum atomic E-state index is 11.9. The van der Waals surface area contributed by atoms with E-state index in [1.54, 1.807) is 0 Å². The maximum Gasteiger partial charge on any atom is 0.226 e. The van der Waals surface area contributed by atoms with E-state index >= 15 is 0 Å². The summed E-state index contributed by atoms with van der Waals surface area (Å²) < 4.78 is 0. The Morgan fingerprint density at radius 3 is 2.69 bits per heavy atom. The third-order valence-corrected chi connectivity index (χ3v) is 4.54. The topological polar surface area (TPSA) is 46.3 Å². The number of nitrogens with zero attached hydrogens (tertiary/aromatic N) is 1. The van der Waals surface area contributed by atoms with Crippen LogP contribution in [0.15, 0.2) is 0 Å². The SMILES string of the molecule is CC(CN)C(=O)N(C)CC1CC2CCC1C2. The Hall–Kier alpha value is -0.570. The normalized spacial score (nSPS) is 34.1. The van der Waals surface area contributed by atoms with Crippen molar-refractivity contribution < 1.29 is 4.79 Å². The van der Waals surface area contributed by atoms with E-state index in [1.807, 2.05) is 18.9 Å². The summed E-state index contributed by atoms with van der Waals surface area (Å²) in [6, 6.07) is 0. The van der Waals surface area contributed by atoms with E-state index in [-0.39, 0.29) is 11.8 Å². The lowest BCUT2D eigenvalue weighted by Crippen LogP contribution is -2.39. The summed E-state index contributed by atoms with van der Waals surface area (Å²) >= 11 is 0. The van der Waals surface area contributed by atoms with Gasteiger partial charge in [0.1, 0.15) is 0 Å². The van der Waals surface area contributed by atoms with Gasteiger partial charge in [0, 0.05) is 26.1 Å². The number of hydrogen-bond acceptors (Lipinski definition) is 2. The summed E-state index contributed by atoms with van der Waals surface area (Å²) in [6.45, 7) is 3.32. The van der Waals surface area contributed by atoms with E-state index in [9.17, 15) is 4.79 Å². The molecule has 1 amide bonds. The van der Waals surface area contributed by atoms with Gasteiger partial charge in [-0.05, 0) is 37.0 Å². The molecule has 92 valence electrons. The molecule has 2 bridgehead atoms. The fraction of sp³-hybridized carbons (Fsp3) is 0.923. The number of rotatable bonds is 4. The third-order valence-electron chi connectivity index (χ3n) is 4.54. The molecule has 0 spiro atoms. The van der Waals surface area contributed by atoms with Gasteiger partial charge in [-0.25, -0.2) is 0 Å². The Balaban J connectivity index is 1.83. The second-order valence-electron chi connectivity index (χ2n) is 5.79. The average molecular weight is 224 g/mol. The van der Waals surface area contributed by atoms with Crippen molar-refractivity contribution in [3.8, 4) is 0 Å². The van der Waals surface area contributed by atoms with Gasteiger partial charge in [0.15, 0.2) is 0 Å². The van der Waals surface area contributed by atoms with Crippen molar-refractivity contribution in [2.45, 2.75) is 32.6 Å². The van der Waals surface area contributed by atoms with Crippen molar-refractivity contribution >= 4 is 5.91 Å². The standard InChI is InChI=1S/C13H24N2O/c1-9(7-14)13(16)15(2)8-12-6-10-3-4-11(12)5-10/h9-12H,3-8,14H2,1-2H3. The first-order valence-corrected chi connectivity index (χ1v) is 6.56. The number of nitrogens with two attached hydrogens (primary N) is 1. The number of carbonyl (C=O) groups is 1. The highest BCUT2D eigenvalue weighted by Crippen LogP contribution is 2.48. The Bertz CT molecular complexity index is 267. The van der Waals surface area contributed by atoms with Crippen molar-refractivity contribution in [1.82, 2.24) is 4.90 Å². The van der Waals surface area contributed by atoms with Crippen LogP contribution in [0.25, 0.3) is 0 Å². The largest absolute Gasteiger partial charge is 0.345 e. The molecule has 0 saturated heterocycles. The quantitative estimate of drug-likeness (QED) is 0.786. The van der Waals surface area contributed by atoms with Crippen LogP contribution < -0.4 is 5.73 Å². The van der Waals surface area contributed by atoms with Crippen molar-refractivity contribution in [2.75, 3.05) is 20.1 Å². The van der Waals surface area contributed by atoms with Gasteiger partial charge in [0.05, 0.1) is 0 Å². The summed E-state index contributed by atoms with van der Waals surface area (Å²) in [5.74, 6) is 2.81. The van der Waals surface area contributed by atoms with E-state index in [4.69, 9.17) is 5.73 Å². The Labute approximate surface area is 98.4 Å². The number of fused-ring (bicyclic) bond motifs is 2. The summed E-state index contributed by atoms with van der Waals surface area (Å²) in [7, 11) is 1.93. The van der Waals surface area contributed by atoms with Crippen LogP contribution in [0.1, 0.15) is 32.6 Å². The second kappa shape index (κ2) is 4.74. The zero-order valence-electron chi connectivity index (χ0n) is 10.5. The van der Waals surface area contributed by atoms with Gasteiger partial charge in [-0.1, -0.05) is 13.3 Å². The van der Waals surface area contributed by atoms with Crippen LogP contribution in [0.4, 0.5) is 0 Å². The molecule has 2 rings (SSSR count). The smallest absolute Gasteiger partial charge is 0.226 e. The molecule has 2 fully saturated rings. The van der Waals surface area contributed by atoms with Crippen LogP contribution in [0, 0.1) is 23.7 Å². The first-order chi connectivity index (χ1) is 7.61. The van der Waals surface area contributed by atoms with Crippen LogP contribution in [-0.2, 0) is 4.79 Å². The van der Waals surface area contributed by atoms with Gasteiger partial charge in [0.25, 0.3) is 0 Å². The molecule has 4 atom stereocenters. The van der Waals surface area contributed by atoms with E-state index < -0.39 is 0 Å². The molecule has 4 unspecified atom stereocenters. The molecule has 2 saturated carbocycles. The van der Waals surface area contributed by atoms with E-state index in [0.717, 1.165) is 24.3 Å². The minimum Gasteiger partial charge on any atom is -0.345 e. The Morgan fingerprint density at radius 2 is 2.19 bits per heavy atom. The fourth-order valence-corrected chi connectivity index (χ4v) is 3.52. The van der Waals surface area contributed by atoms with Crippen LogP contribution in [-0.4, -0.2) is 30.9 Å². The lowest BCUT2D eigenvalue weighted by molar-refractivity contribution is -0.134. The van der Waals surface area contributed by atoms with Gasteiger partial charge in [-0.15, -0.1) is 0 Å². The highest BCUT2D eigenvalue weighted by Gasteiger charge is 2.40. The summed E-state index contributed by atoms with van der Waals surface area (Å²) in [5.41, 5.74) is 5.53. The number of carbonyl (C=O) groups excluding carboxylic acids is 1. The van der Waals surface area contributed by atoms with Gasteiger partial charge in [-0.3, -0.25) is 4.79 Å². The molecule has 3 heteroatoms. The zero-order chi connectivity index (χ0) is 11.7. The Kier molecular flexibility index (Phi) is 3.53. The predicted octanol–water partition coefficient (Wildman–Crippen LogP) is 1.48. The molecule has 2 aliphatic rings. The maximum absolute atomic E-state index is 11.9. The van der Waals surface area contributed by atoms with Gasteiger partial charge < -0.3 is 10.6 Å². The predicted molar refractivity (Wildman–Crippen MR) is 64.8 cm³/mol. The highest BCUT2D eigenvalue weighted by molar-refractivity contribution is 5.78. The van der Waals surface area contributed by atoms with Crippen LogP contribution >= 0.6 is 0 Å². The van der Waals surface area contributed by atoms with Gasteiger partial charge in [0.2, 0.25) is 5.91 Å². The molecule has 0 heterocycles. The minimum absolute atomic E-state index is 0.0245. The molecule has 0 aliphatic heterocycles. The van der Waals surface area contributed by atoms with Crippen molar-refractivity contribution in [1.29, 1.82) is 0 Å². The fourth-order valence-electron chi connectivity index (χ4n) is 3.52. The molecule has 2 aliphatic carbocycles. The van der Waals surface area contributed by atoms with Crippen LogP contribution in [0.2, 0.25) is 0 Å². The van der Waals surface area contributed by atoms with E-state index in [2.05, 4.69) is 0 Å². The molecular weight excluding hydrogens is 200 g/mol. The van der Waals surface area contributed by atoms with Crippen molar-refractivity contribution in [3.63, 3.8) is 0 Å². The zero-order valence-corrected chi connectivity index (χ0v) is 10.5. The van der Waals surface area contributed by atoms with Crippen molar-refractivity contribution in [2.24, 2.45) is 29.4 Å². The first-order valence-electron chi connectivity index (χ1n) is 6.56. The van der Waals surface area contributed by atoms with Gasteiger partial charge >= 0.3 is 0 Å². The average Bonchev–Trinajstić information content (AvgIpc) is 2.88. The molecule has 2 N–H and O–H groups in total. The first kappa shape index (κ1) is 11.9. The molecule has 0 aromatic heterocycles. The molecular formula is C13H24N2O. The summed E-state index contributed by atoms with van der Waals surface area (Å²) in [5, 5.41) is 0. The molecule has 0 aromatic rings. The molecule has 16 heavy (non-hydrogen) atoms. The molecule has 0 aromatic carbocycles. The van der Waals surface area contributed by atoms with E-state index in [0.29, 0.717) is 6.54 Å². The van der Waals surface area contributed by atoms with E-state index in [1.165, 1.54) is 25.7 Å². The summed E-state index contributed by atoms with van der Waals surface area (Å²) in [6.07, 6.45) is 5.58. The molecule has 0 radical (unpaired) electrons. The summed E-state index contributed by atoms with van der Waals surface area (Å²) in [4.78, 5) is 13.8. The lowest BCUT2D eigenvalue weighted by atomic mass is 9.88. The highest BCUT2D eigenvalue weighted by atomic mass is 16.2. The minimum atomic E-state index is -0.0245. The van der Waals surface area contributed by atoms with Crippen molar-refractivity contribution in [3.05, 3.63) is 0 Å². The Morgan fingerprint density at radius 1 is 1.44 bits per heavy atom. The number of hydrogen-bond donors (Lipinski definition) is 1. The molecule has 3 nitrogen and oxygen atoms in total. The monoisotopic (exact) mass is 224 g/mol. The van der Waals surface area contributed by atoms with Gasteiger partial charge in [-0.2, -0.15) is 0 Å². The van der Waals surface area contributed by atoms with Crippen LogP contribution in [0.3, 0.4) is 0 Å².